The summed E-state index contributed by atoms with van der Waals surface area (Å²) in [5.74, 6) is -0.0343. The summed E-state index contributed by atoms with van der Waals surface area (Å²) >= 11 is 0. The van der Waals surface area contributed by atoms with Gasteiger partial charge in [-0.15, -0.1) is 0 Å². The molecule has 0 unspecified atom stereocenters. The van der Waals surface area contributed by atoms with Crippen molar-refractivity contribution in [1.82, 2.24) is 5.32 Å². The number of nitrogens with two attached hydrogens (primary N) is 2. The van der Waals surface area contributed by atoms with Crippen molar-refractivity contribution in [2.45, 2.75) is 64.6 Å². The third-order valence-corrected chi connectivity index (χ3v) is 3.33. The monoisotopic (exact) mass is 227 g/mol. The Labute approximate surface area is 98.1 Å². The van der Waals surface area contributed by atoms with Gasteiger partial charge in [0.25, 0.3) is 0 Å². The normalized spacial score (nSPS) is 28.6. The zero-order chi connectivity index (χ0) is 12.3. The number of rotatable bonds is 2. The summed E-state index contributed by atoms with van der Waals surface area (Å²) in [7, 11) is 0. The fraction of sp³-hybridized carbons (Fsp3) is 0.917. The van der Waals surface area contributed by atoms with Gasteiger partial charge in [0.1, 0.15) is 0 Å². The predicted octanol–water partition coefficient (Wildman–Crippen LogP) is 0.746. The first-order chi connectivity index (χ1) is 7.30. The molecule has 1 amide bonds. The Morgan fingerprint density at radius 1 is 1.25 bits per heavy atom. The lowest BCUT2D eigenvalue weighted by atomic mass is 9.86. The predicted molar refractivity (Wildman–Crippen MR) is 65.8 cm³/mol. The van der Waals surface area contributed by atoms with E-state index >= 15 is 0 Å². The average molecular weight is 227 g/mol. The second-order valence-electron chi connectivity index (χ2n) is 5.96. The van der Waals surface area contributed by atoms with Crippen LogP contribution in [0.4, 0.5) is 0 Å². The highest BCUT2D eigenvalue weighted by Gasteiger charge is 2.29. The molecule has 1 aliphatic carbocycles. The highest BCUT2D eigenvalue weighted by atomic mass is 16.2. The van der Waals surface area contributed by atoms with E-state index in [9.17, 15) is 4.79 Å². The molecule has 0 aliphatic heterocycles. The summed E-state index contributed by atoms with van der Waals surface area (Å²) in [5.41, 5.74) is 11.5. The maximum atomic E-state index is 11.9. The van der Waals surface area contributed by atoms with Crippen molar-refractivity contribution in [1.29, 1.82) is 0 Å². The first-order valence-corrected chi connectivity index (χ1v) is 6.12. The van der Waals surface area contributed by atoms with Gasteiger partial charge < -0.3 is 16.8 Å². The second kappa shape index (κ2) is 5.15. The topological polar surface area (TPSA) is 81.1 Å². The van der Waals surface area contributed by atoms with Crippen LogP contribution in [0.25, 0.3) is 0 Å². The van der Waals surface area contributed by atoms with Gasteiger partial charge in [-0.25, -0.2) is 0 Å². The van der Waals surface area contributed by atoms with E-state index in [-0.39, 0.29) is 17.4 Å². The van der Waals surface area contributed by atoms with Crippen LogP contribution >= 0.6 is 0 Å². The van der Waals surface area contributed by atoms with E-state index in [4.69, 9.17) is 11.5 Å². The molecule has 16 heavy (non-hydrogen) atoms. The number of hydrogen-bond donors (Lipinski definition) is 3. The standard InChI is InChI=1S/C12H25N3O/c1-12(2,3)10(14)11(16)15-9-6-4-8(13)5-7-9/h8-10H,4-7,13-14H2,1-3H3,(H,15,16)/t8?,9?,10-/m0/s1. The maximum Gasteiger partial charge on any atom is 0.237 e. The molecule has 0 saturated heterocycles. The zero-order valence-corrected chi connectivity index (χ0v) is 10.6. The minimum absolute atomic E-state index is 0.0343. The molecule has 0 spiro atoms. The fourth-order valence-corrected chi connectivity index (χ4v) is 1.95. The number of nitrogens with one attached hydrogen (secondary N) is 1. The van der Waals surface area contributed by atoms with Crippen molar-refractivity contribution in [3.05, 3.63) is 0 Å². The third kappa shape index (κ3) is 3.76. The van der Waals surface area contributed by atoms with Gasteiger partial charge in [0, 0.05) is 12.1 Å². The lowest BCUT2D eigenvalue weighted by molar-refractivity contribution is -0.125. The minimum atomic E-state index is -0.442. The summed E-state index contributed by atoms with van der Waals surface area (Å²) < 4.78 is 0. The first kappa shape index (κ1) is 13.5. The molecule has 1 saturated carbocycles. The molecule has 5 N–H and O–H groups in total. The van der Waals surface area contributed by atoms with Crippen molar-refractivity contribution in [3.63, 3.8) is 0 Å². The SMILES string of the molecule is CC(C)(C)[C@@H](N)C(=O)NC1CCC(N)CC1. The highest BCUT2D eigenvalue weighted by Crippen LogP contribution is 2.20. The molecule has 0 radical (unpaired) electrons. The summed E-state index contributed by atoms with van der Waals surface area (Å²) in [6, 6.07) is 0.133. The minimum Gasteiger partial charge on any atom is -0.352 e. The Bertz CT molecular complexity index is 239. The van der Waals surface area contributed by atoms with E-state index in [1.165, 1.54) is 0 Å². The van der Waals surface area contributed by atoms with Crippen LogP contribution in [0.1, 0.15) is 46.5 Å². The maximum absolute atomic E-state index is 11.9. The van der Waals surface area contributed by atoms with Gasteiger partial charge in [-0.05, 0) is 31.1 Å². The van der Waals surface area contributed by atoms with Crippen LogP contribution in [0.3, 0.4) is 0 Å². The Hall–Kier alpha value is -0.610. The van der Waals surface area contributed by atoms with Gasteiger partial charge in [0.15, 0.2) is 0 Å². The number of amides is 1. The van der Waals surface area contributed by atoms with Crippen LogP contribution in [0, 0.1) is 5.41 Å². The van der Waals surface area contributed by atoms with E-state index in [1.54, 1.807) is 0 Å². The van der Waals surface area contributed by atoms with Crippen LogP contribution in [0.5, 0.6) is 0 Å². The van der Waals surface area contributed by atoms with E-state index in [0.29, 0.717) is 6.04 Å². The zero-order valence-electron chi connectivity index (χ0n) is 10.6. The van der Waals surface area contributed by atoms with Crippen molar-refractivity contribution in [2.24, 2.45) is 16.9 Å². The Morgan fingerprint density at radius 2 is 1.75 bits per heavy atom. The van der Waals surface area contributed by atoms with Crippen molar-refractivity contribution < 1.29 is 4.79 Å². The summed E-state index contributed by atoms with van der Waals surface area (Å²) in [6.45, 7) is 5.94. The molecule has 4 nitrogen and oxygen atoms in total. The fourth-order valence-electron chi connectivity index (χ4n) is 1.95. The van der Waals surface area contributed by atoms with Gasteiger partial charge in [0.2, 0.25) is 5.91 Å². The van der Waals surface area contributed by atoms with Gasteiger partial charge in [-0.2, -0.15) is 0 Å². The quantitative estimate of drug-likeness (QED) is 0.651. The van der Waals surface area contributed by atoms with Crippen LogP contribution < -0.4 is 16.8 Å². The molecular formula is C12H25N3O. The van der Waals surface area contributed by atoms with E-state index in [2.05, 4.69) is 5.32 Å². The molecule has 1 fully saturated rings. The van der Waals surface area contributed by atoms with Gasteiger partial charge in [-0.3, -0.25) is 4.79 Å². The lowest BCUT2D eigenvalue weighted by Crippen LogP contribution is -2.52. The molecule has 1 rings (SSSR count). The van der Waals surface area contributed by atoms with E-state index in [0.717, 1.165) is 25.7 Å². The molecule has 0 heterocycles. The van der Waals surface area contributed by atoms with Gasteiger partial charge in [0.05, 0.1) is 6.04 Å². The number of hydrogen-bond acceptors (Lipinski definition) is 3. The van der Waals surface area contributed by atoms with Gasteiger partial charge in [-0.1, -0.05) is 20.8 Å². The highest BCUT2D eigenvalue weighted by molar-refractivity contribution is 5.82. The molecule has 1 aliphatic rings. The Balaban J connectivity index is 2.40. The van der Waals surface area contributed by atoms with Crippen LogP contribution in [0.15, 0.2) is 0 Å². The summed E-state index contributed by atoms with van der Waals surface area (Å²) in [6.07, 6.45) is 3.94. The smallest absolute Gasteiger partial charge is 0.237 e. The third-order valence-electron chi connectivity index (χ3n) is 3.33. The molecular weight excluding hydrogens is 202 g/mol. The number of carbonyl (C=O) groups is 1. The van der Waals surface area contributed by atoms with Crippen LogP contribution in [-0.2, 0) is 4.79 Å². The van der Waals surface area contributed by atoms with Crippen molar-refractivity contribution in [3.8, 4) is 0 Å². The molecule has 0 aromatic carbocycles. The van der Waals surface area contributed by atoms with Crippen LogP contribution in [0.2, 0.25) is 0 Å². The molecule has 0 bridgehead atoms. The molecule has 0 aromatic rings. The van der Waals surface area contributed by atoms with E-state index in [1.807, 2.05) is 20.8 Å². The Morgan fingerprint density at radius 3 is 2.19 bits per heavy atom. The molecule has 4 heteroatoms. The summed E-state index contributed by atoms with van der Waals surface area (Å²) in [4.78, 5) is 11.9. The van der Waals surface area contributed by atoms with Crippen molar-refractivity contribution in [2.75, 3.05) is 0 Å². The first-order valence-electron chi connectivity index (χ1n) is 6.12. The largest absolute Gasteiger partial charge is 0.352 e. The second-order valence-corrected chi connectivity index (χ2v) is 5.96. The number of carbonyl (C=O) groups excluding carboxylic acids is 1. The molecule has 1 atom stereocenters. The summed E-state index contributed by atoms with van der Waals surface area (Å²) in [5, 5.41) is 3.03. The molecule has 94 valence electrons. The van der Waals surface area contributed by atoms with Gasteiger partial charge >= 0.3 is 0 Å². The Kier molecular flexibility index (Phi) is 4.33. The van der Waals surface area contributed by atoms with Crippen LogP contribution in [-0.4, -0.2) is 24.0 Å². The van der Waals surface area contributed by atoms with Crippen molar-refractivity contribution >= 4 is 5.91 Å². The molecule has 0 aromatic heterocycles. The van der Waals surface area contributed by atoms with E-state index < -0.39 is 6.04 Å². The lowest BCUT2D eigenvalue weighted by Gasteiger charge is -2.31. The average Bonchev–Trinajstić information content (AvgIpc) is 2.19.